The minimum absolute atomic E-state index is 0.146. The van der Waals surface area contributed by atoms with Gasteiger partial charge in [-0.1, -0.05) is 11.6 Å². The summed E-state index contributed by atoms with van der Waals surface area (Å²) in [5.74, 6) is -0.793. The van der Waals surface area contributed by atoms with Gasteiger partial charge in [0.05, 0.1) is 24.9 Å². The molecule has 1 aromatic carbocycles. The minimum Gasteiger partial charge on any atom is -0.465 e. The number of ether oxygens (including phenoxy) is 1. The summed E-state index contributed by atoms with van der Waals surface area (Å²) in [5.41, 5.74) is 0.439. The van der Waals surface area contributed by atoms with Crippen LogP contribution >= 0.6 is 11.6 Å². The van der Waals surface area contributed by atoms with Gasteiger partial charge in [-0.25, -0.2) is 4.79 Å². The van der Waals surface area contributed by atoms with E-state index in [2.05, 4.69) is 15.4 Å². The lowest BCUT2D eigenvalue weighted by atomic mass is 10.1. The summed E-state index contributed by atoms with van der Waals surface area (Å²) in [5, 5.41) is 6.13. The average Bonchev–Trinajstić information content (AvgIpc) is 2.37. The summed E-state index contributed by atoms with van der Waals surface area (Å²) in [4.78, 5) is 23.5. The molecule has 1 aromatic rings. The van der Waals surface area contributed by atoms with Crippen LogP contribution in [0.4, 0.5) is 5.69 Å². The second-order valence-electron chi connectivity index (χ2n) is 5.33. The van der Waals surface area contributed by atoms with Crippen molar-refractivity contribution in [1.82, 2.24) is 5.32 Å². The molecule has 5 nitrogen and oxygen atoms in total. The summed E-state index contributed by atoms with van der Waals surface area (Å²) in [6.45, 7) is 6.03. The predicted octanol–water partition coefficient (Wildman–Crippen LogP) is 2.45. The van der Waals surface area contributed by atoms with Crippen LogP contribution in [-0.2, 0) is 9.53 Å². The van der Waals surface area contributed by atoms with Crippen molar-refractivity contribution in [3.05, 3.63) is 28.8 Å². The molecule has 2 N–H and O–H groups in total. The van der Waals surface area contributed by atoms with E-state index in [0.717, 1.165) is 0 Å². The Labute approximate surface area is 123 Å². The number of carbonyl (C=O) groups is 2. The zero-order chi connectivity index (χ0) is 15.3. The molecule has 0 unspecified atom stereocenters. The molecular weight excluding hydrogens is 280 g/mol. The van der Waals surface area contributed by atoms with Crippen LogP contribution in [0, 0.1) is 0 Å². The van der Waals surface area contributed by atoms with E-state index in [1.54, 1.807) is 12.1 Å². The fraction of sp³-hybridized carbons (Fsp3) is 0.429. The number of hydrogen-bond donors (Lipinski definition) is 2. The molecule has 0 bridgehead atoms. The van der Waals surface area contributed by atoms with Crippen LogP contribution in [0.15, 0.2) is 18.2 Å². The molecule has 0 spiro atoms. The van der Waals surface area contributed by atoms with Crippen molar-refractivity contribution < 1.29 is 14.3 Å². The number of esters is 1. The van der Waals surface area contributed by atoms with Crippen LogP contribution in [0.2, 0.25) is 5.02 Å². The van der Waals surface area contributed by atoms with E-state index in [1.165, 1.54) is 13.2 Å². The Morgan fingerprint density at radius 3 is 2.50 bits per heavy atom. The van der Waals surface area contributed by atoms with Gasteiger partial charge in [0.15, 0.2) is 0 Å². The van der Waals surface area contributed by atoms with E-state index in [1.807, 2.05) is 20.8 Å². The number of amides is 1. The predicted molar refractivity (Wildman–Crippen MR) is 79.2 cm³/mol. The highest BCUT2D eigenvalue weighted by Gasteiger charge is 2.16. The summed E-state index contributed by atoms with van der Waals surface area (Å²) in [7, 11) is 1.27. The third kappa shape index (κ3) is 5.19. The quantitative estimate of drug-likeness (QED) is 0.838. The summed E-state index contributed by atoms with van der Waals surface area (Å²) in [6.07, 6.45) is 0. The number of methoxy groups -OCH3 is 1. The van der Waals surface area contributed by atoms with Crippen molar-refractivity contribution in [2.75, 3.05) is 19.0 Å². The highest BCUT2D eigenvalue weighted by Crippen LogP contribution is 2.21. The molecule has 0 aliphatic heterocycles. The Balaban J connectivity index is 2.82. The third-order valence-corrected chi connectivity index (χ3v) is 2.68. The van der Waals surface area contributed by atoms with Crippen molar-refractivity contribution in [3.8, 4) is 0 Å². The lowest BCUT2D eigenvalue weighted by Gasteiger charge is -2.20. The number of halogens is 1. The summed E-state index contributed by atoms with van der Waals surface area (Å²) >= 11 is 5.84. The minimum atomic E-state index is -0.549. The van der Waals surface area contributed by atoms with Crippen molar-refractivity contribution in [3.63, 3.8) is 0 Å². The molecule has 1 amide bonds. The van der Waals surface area contributed by atoms with Gasteiger partial charge in [0.25, 0.3) is 0 Å². The van der Waals surface area contributed by atoms with Gasteiger partial charge in [-0.2, -0.15) is 0 Å². The maximum absolute atomic E-state index is 11.8. The van der Waals surface area contributed by atoms with E-state index < -0.39 is 5.97 Å². The first-order valence-corrected chi connectivity index (χ1v) is 6.53. The molecule has 0 aliphatic carbocycles. The number of anilines is 1. The first kappa shape index (κ1) is 16.5. The lowest BCUT2D eigenvalue weighted by Crippen LogP contribution is -2.41. The van der Waals surface area contributed by atoms with Crippen molar-refractivity contribution >= 4 is 29.2 Å². The molecule has 1 rings (SSSR count). The monoisotopic (exact) mass is 298 g/mol. The van der Waals surface area contributed by atoms with Crippen LogP contribution in [-0.4, -0.2) is 31.1 Å². The van der Waals surface area contributed by atoms with E-state index in [0.29, 0.717) is 10.7 Å². The second kappa shape index (κ2) is 6.72. The first-order valence-electron chi connectivity index (χ1n) is 6.15. The van der Waals surface area contributed by atoms with E-state index in [4.69, 9.17) is 11.6 Å². The zero-order valence-electron chi connectivity index (χ0n) is 12.0. The van der Waals surface area contributed by atoms with Gasteiger partial charge in [0.1, 0.15) is 0 Å². The number of rotatable bonds is 4. The first-order chi connectivity index (χ1) is 9.23. The van der Waals surface area contributed by atoms with Crippen molar-refractivity contribution in [2.45, 2.75) is 26.3 Å². The van der Waals surface area contributed by atoms with Crippen LogP contribution in [0.25, 0.3) is 0 Å². The topological polar surface area (TPSA) is 67.4 Å². The second-order valence-corrected chi connectivity index (χ2v) is 5.77. The van der Waals surface area contributed by atoms with E-state index in [-0.39, 0.29) is 23.6 Å². The Kier molecular flexibility index (Phi) is 5.53. The molecule has 110 valence electrons. The maximum atomic E-state index is 11.8. The Morgan fingerprint density at radius 1 is 1.30 bits per heavy atom. The molecule has 0 radical (unpaired) electrons. The maximum Gasteiger partial charge on any atom is 0.340 e. The highest BCUT2D eigenvalue weighted by atomic mass is 35.5. The van der Waals surface area contributed by atoms with Gasteiger partial charge < -0.3 is 15.4 Å². The number of hydrogen-bond acceptors (Lipinski definition) is 4. The Morgan fingerprint density at radius 2 is 1.95 bits per heavy atom. The molecule has 0 aliphatic rings. The van der Waals surface area contributed by atoms with Gasteiger partial charge in [-0.05, 0) is 39.0 Å². The molecule has 0 atom stereocenters. The summed E-state index contributed by atoms with van der Waals surface area (Å²) in [6, 6.07) is 4.63. The van der Waals surface area contributed by atoms with Crippen molar-refractivity contribution in [1.29, 1.82) is 0 Å². The fourth-order valence-corrected chi connectivity index (χ4v) is 1.62. The SMILES string of the molecule is COC(=O)c1cc(Cl)ccc1NC(=O)CNC(C)(C)C. The Hall–Kier alpha value is -1.59. The van der Waals surface area contributed by atoms with Crippen LogP contribution in [0.5, 0.6) is 0 Å². The van der Waals surface area contributed by atoms with Gasteiger partial charge >= 0.3 is 5.97 Å². The number of carbonyl (C=O) groups excluding carboxylic acids is 2. The van der Waals surface area contributed by atoms with Crippen molar-refractivity contribution in [2.24, 2.45) is 0 Å². The molecule has 0 fully saturated rings. The molecular formula is C14H19ClN2O3. The average molecular weight is 299 g/mol. The molecule has 6 heteroatoms. The zero-order valence-corrected chi connectivity index (χ0v) is 12.8. The highest BCUT2D eigenvalue weighted by molar-refractivity contribution is 6.31. The fourth-order valence-electron chi connectivity index (χ4n) is 1.44. The van der Waals surface area contributed by atoms with Gasteiger partial charge in [0.2, 0.25) is 5.91 Å². The van der Waals surface area contributed by atoms with E-state index >= 15 is 0 Å². The normalized spacial score (nSPS) is 11.1. The van der Waals surface area contributed by atoms with E-state index in [9.17, 15) is 9.59 Å². The molecule has 0 aromatic heterocycles. The summed E-state index contributed by atoms with van der Waals surface area (Å²) < 4.78 is 4.66. The molecule has 0 saturated carbocycles. The largest absolute Gasteiger partial charge is 0.465 e. The van der Waals surface area contributed by atoms with Crippen LogP contribution < -0.4 is 10.6 Å². The molecule has 20 heavy (non-hydrogen) atoms. The van der Waals surface area contributed by atoms with Crippen LogP contribution in [0.3, 0.4) is 0 Å². The third-order valence-electron chi connectivity index (χ3n) is 2.44. The molecule has 0 saturated heterocycles. The lowest BCUT2D eigenvalue weighted by molar-refractivity contribution is -0.115. The Bertz CT molecular complexity index is 510. The smallest absolute Gasteiger partial charge is 0.340 e. The van der Waals surface area contributed by atoms with Crippen LogP contribution in [0.1, 0.15) is 31.1 Å². The van der Waals surface area contributed by atoms with Gasteiger partial charge in [0, 0.05) is 10.6 Å². The van der Waals surface area contributed by atoms with Gasteiger partial charge in [-0.15, -0.1) is 0 Å². The number of benzene rings is 1. The standard InChI is InChI=1S/C14H19ClN2O3/c1-14(2,3)16-8-12(18)17-11-6-5-9(15)7-10(11)13(19)20-4/h5-7,16H,8H2,1-4H3,(H,17,18). The number of nitrogens with one attached hydrogen (secondary N) is 2. The molecule has 0 heterocycles. The van der Waals surface area contributed by atoms with Gasteiger partial charge in [-0.3, -0.25) is 4.79 Å².